The Hall–Kier alpha value is -2.19. The second kappa shape index (κ2) is 6.93. The van der Waals surface area contributed by atoms with Crippen LogP contribution in [-0.4, -0.2) is 27.6 Å². The van der Waals surface area contributed by atoms with E-state index in [-0.39, 0.29) is 11.5 Å². The molecule has 0 aliphatic heterocycles. The molecule has 2 rings (SSSR count). The molecular formula is C15H17FN2O4S. The Morgan fingerprint density at radius 2 is 1.87 bits per heavy atom. The Morgan fingerprint density at radius 3 is 2.43 bits per heavy atom. The van der Waals surface area contributed by atoms with E-state index in [0.717, 1.165) is 12.1 Å². The average Bonchev–Trinajstić information content (AvgIpc) is 2.54. The van der Waals surface area contributed by atoms with E-state index in [1.54, 1.807) is 25.3 Å². The third-order valence-electron chi connectivity index (χ3n) is 3.24. The van der Waals surface area contributed by atoms with Crippen molar-refractivity contribution in [2.75, 3.05) is 14.2 Å². The molecule has 1 aromatic carbocycles. The number of halogens is 1. The van der Waals surface area contributed by atoms with Crippen LogP contribution in [0.3, 0.4) is 0 Å². The van der Waals surface area contributed by atoms with Crippen molar-refractivity contribution >= 4 is 10.0 Å². The fourth-order valence-corrected chi connectivity index (χ4v) is 3.34. The van der Waals surface area contributed by atoms with Gasteiger partial charge in [-0.25, -0.2) is 17.5 Å². The van der Waals surface area contributed by atoms with Gasteiger partial charge in [0.15, 0.2) is 11.5 Å². The number of nitrogens with one attached hydrogen (secondary N) is 1. The number of hydrogen-bond acceptors (Lipinski definition) is 5. The molecule has 8 heteroatoms. The summed E-state index contributed by atoms with van der Waals surface area (Å²) in [6.07, 6.45) is 3.12. The Kier molecular flexibility index (Phi) is 5.17. The molecule has 0 amide bonds. The molecule has 0 spiro atoms. The van der Waals surface area contributed by atoms with Crippen molar-refractivity contribution in [2.24, 2.45) is 0 Å². The van der Waals surface area contributed by atoms with Crippen LogP contribution in [0.1, 0.15) is 18.5 Å². The van der Waals surface area contributed by atoms with Crippen molar-refractivity contribution < 1.29 is 22.3 Å². The highest BCUT2D eigenvalue weighted by Crippen LogP contribution is 2.32. The Bertz CT molecular complexity index is 782. The summed E-state index contributed by atoms with van der Waals surface area (Å²) >= 11 is 0. The lowest BCUT2D eigenvalue weighted by Crippen LogP contribution is -2.27. The summed E-state index contributed by atoms with van der Waals surface area (Å²) in [5.41, 5.74) is 0.664. The summed E-state index contributed by atoms with van der Waals surface area (Å²) in [6, 6.07) is 4.91. The highest BCUT2D eigenvalue weighted by atomic mass is 32.2. The lowest BCUT2D eigenvalue weighted by molar-refractivity contribution is 0.350. The molecule has 1 heterocycles. The molecule has 0 aliphatic carbocycles. The van der Waals surface area contributed by atoms with Crippen LogP contribution >= 0.6 is 0 Å². The molecule has 0 saturated carbocycles. The summed E-state index contributed by atoms with van der Waals surface area (Å²) in [4.78, 5) is 3.42. The van der Waals surface area contributed by atoms with E-state index in [0.29, 0.717) is 5.56 Å². The van der Waals surface area contributed by atoms with Crippen LogP contribution in [0.2, 0.25) is 0 Å². The maximum Gasteiger partial charge on any atom is 0.244 e. The van der Waals surface area contributed by atoms with Crippen LogP contribution in [0, 0.1) is 5.82 Å². The van der Waals surface area contributed by atoms with E-state index in [2.05, 4.69) is 9.71 Å². The van der Waals surface area contributed by atoms with Crippen molar-refractivity contribution in [1.29, 1.82) is 0 Å². The molecular weight excluding hydrogens is 323 g/mol. The van der Waals surface area contributed by atoms with Crippen molar-refractivity contribution in [3.8, 4) is 11.5 Å². The zero-order valence-corrected chi connectivity index (χ0v) is 13.7. The van der Waals surface area contributed by atoms with Crippen LogP contribution in [0.5, 0.6) is 11.5 Å². The highest BCUT2D eigenvalue weighted by molar-refractivity contribution is 7.89. The van der Waals surface area contributed by atoms with Crippen LogP contribution in [0.4, 0.5) is 4.39 Å². The fraction of sp³-hybridized carbons (Fsp3) is 0.267. The Balaban J connectivity index is 2.36. The first-order valence-electron chi connectivity index (χ1n) is 6.73. The van der Waals surface area contributed by atoms with Crippen molar-refractivity contribution in [3.63, 3.8) is 0 Å². The van der Waals surface area contributed by atoms with Gasteiger partial charge < -0.3 is 9.47 Å². The lowest BCUT2D eigenvalue weighted by atomic mass is 10.2. The number of benzene rings is 1. The molecule has 0 bridgehead atoms. The zero-order chi connectivity index (χ0) is 17.0. The van der Waals surface area contributed by atoms with Gasteiger partial charge in [0.05, 0.1) is 14.2 Å². The summed E-state index contributed by atoms with van der Waals surface area (Å²) < 4.78 is 51.4. The van der Waals surface area contributed by atoms with Gasteiger partial charge in [-0.1, -0.05) is 6.07 Å². The molecule has 2 aromatic rings. The average molecular weight is 340 g/mol. The van der Waals surface area contributed by atoms with E-state index in [4.69, 9.17) is 9.47 Å². The second-order valence-electron chi connectivity index (χ2n) is 4.77. The monoisotopic (exact) mass is 340 g/mol. The van der Waals surface area contributed by atoms with Crippen LogP contribution in [0.15, 0.2) is 41.6 Å². The van der Waals surface area contributed by atoms with Crippen molar-refractivity contribution in [1.82, 2.24) is 9.71 Å². The summed E-state index contributed by atoms with van der Waals surface area (Å²) in [6.45, 7) is 1.65. The highest BCUT2D eigenvalue weighted by Gasteiger charge is 2.24. The van der Waals surface area contributed by atoms with E-state index < -0.39 is 26.8 Å². The van der Waals surface area contributed by atoms with Crippen LogP contribution in [0.25, 0.3) is 0 Å². The lowest BCUT2D eigenvalue weighted by Gasteiger charge is -2.16. The Labute approximate surface area is 134 Å². The van der Waals surface area contributed by atoms with Crippen LogP contribution in [-0.2, 0) is 10.0 Å². The van der Waals surface area contributed by atoms with E-state index in [1.165, 1.54) is 20.4 Å². The SMILES string of the molecule is COc1cc(F)c(S(=O)(=O)NC(C)c2cccnc2)cc1OC. The number of nitrogens with zero attached hydrogens (tertiary/aromatic N) is 1. The van der Waals surface area contributed by atoms with E-state index >= 15 is 0 Å². The predicted molar refractivity (Wildman–Crippen MR) is 82.5 cm³/mol. The minimum atomic E-state index is -4.08. The summed E-state index contributed by atoms with van der Waals surface area (Å²) in [7, 11) is -1.40. The van der Waals surface area contributed by atoms with Crippen molar-refractivity contribution in [2.45, 2.75) is 17.9 Å². The largest absolute Gasteiger partial charge is 0.493 e. The standard InChI is InChI=1S/C15H17FN2O4S/c1-10(11-5-4-6-17-9-11)18-23(19,20)15-8-14(22-3)13(21-2)7-12(15)16/h4-10,18H,1-3H3. The van der Waals surface area contributed by atoms with Gasteiger partial charge in [-0.15, -0.1) is 0 Å². The molecule has 0 fully saturated rings. The van der Waals surface area contributed by atoms with Gasteiger partial charge in [0.25, 0.3) is 0 Å². The normalized spacial score (nSPS) is 12.7. The smallest absolute Gasteiger partial charge is 0.244 e. The minimum absolute atomic E-state index is 0.115. The van der Waals surface area contributed by atoms with E-state index in [1.807, 2.05) is 0 Å². The molecule has 124 valence electrons. The number of methoxy groups -OCH3 is 2. The van der Waals surface area contributed by atoms with Gasteiger partial charge in [-0.3, -0.25) is 4.98 Å². The van der Waals surface area contributed by atoms with Crippen LogP contribution < -0.4 is 14.2 Å². The van der Waals surface area contributed by atoms with E-state index in [9.17, 15) is 12.8 Å². The first-order valence-corrected chi connectivity index (χ1v) is 8.21. The third kappa shape index (κ3) is 3.77. The summed E-state index contributed by atoms with van der Waals surface area (Å²) in [5, 5.41) is 0. The molecule has 0 saturated heterocycles. The predicted octanol–water partition coefficient (Wildman–Crippen LogP) is 2.28. The first kappa shape index (κ1) is 17.2. The molecule has 1 atom stereocenters. The molecule has 1 aromatic heterocycles. The number of aromatic nitrogens is 1. The van der Waals surface area contributed by atoms with Gasteiger partial charge in [0, 0.05) is 30.6 Å². The number of rotatable bonds is 6. The number of pyridine rings is 1. The second-order valence-corrected chi connectivity index (χ2v) is 6.45. The van der Waals surface area contributed by atoms with Gasteiger partial charge in [0.1, 0.15) is 10.7 Å². The molecule has 1 unspecified atom stereocenters. The van der Waals surface area contributed by atoms with Gasteiger partial charge >= 0.3 is 0 Å². The fourth-order valence-electron chi connectivity index (χ4n) is 2.04. The minimum Gasteiger partial charge on any atom is -0.493 e. The van der Waals surface area contributed by atoms with Gasteiger partial charge in [-0.05, 0) is 18.6 Å². The first-order chi connectivity index (χ1) is 10.9. The zero-order valence-electron chi connectivity index (χ0n) is 12.9. The topological polar surface area (TPSA) is 77.5 Å². The summed E-state index contributed by atoms with van der Waals surface area (Å²) in [5.74, 6) is -0.680. The molecule has 0 radical (unpaired) electrons. The molecule has 1 N–H and O–H groups in total. The molecule has 23 heavy (non-hydrogen) atoms. The number of hydrogen-bond donors (Lipinski definition) is 1. The van der Waals surface area contributed by atoms with Crippen molar-refractivity contribution in [3.05, 3.63) is 48.0 Å². The quantitative estimate of drug-likeness (QED) is 0.873. The maximum atomic E-state index is 14.1. The third-order valence-corrected chi connectivity index (χ3v) is 4.80. The maximum absolute atomic E-state index is 14.1. The van der Waals surface area contributed by atoms with Gasteiger partial charge in [-0.2, -0.15) is 0 Å². The number of ether oxygens (including phenoxy) is 2. The Morgan fingerprint density at radius 1 is 1.22 bits per heavy atom. The van der Waals surface area contributed by atoms with Gasteiger partial charge in [0.2, 0.25) is 10.0 Å². The number of sulfonamides is 1. The molecule has 6 nitrogen and oxygen atoms in total. The molecule has 0 aliphatic rings.